The standard InChI is InChI=1S/C23H30N4O3/c1-4-30-22(29)18-9-6-10-19-21(18)25-15-27(19)12-11-23(2,3)26-14-20(28)16-7-5-8-17(24)13-16/h5-10,13,15,20,26,28H,4,11-12,14,24H2,1-3H3. The maximum Gasteiger partial charge on any atom is 0.340 e. The summed E-state index contributed by atoms with van der Waals surface area (Å²) < 4.78 is 7.17. The van der Waals surface area contributed by atoms with Crippen LogP contribution >= 0.6 is 0 Å². The van der Waals surface area contributed by atoms with E-state index in [1.807, 2.05) is 28.8 Å². The predicted octanol–water partition coefficient (Wildman–Crippen LogP) is 3.29. The van der Waals surface area contributed by atoms with E-state index in [-0.39, 0.29) is 11.5 Å². The summed E-state index contributed by atoms with van der Waals surface area (Å²) >= 11 is 0. The van der Waals surface area contributed by atoms with Gasteiger partial charge >= 0.3 is 5.97 Å². The third-order valence-electron chi connectivity index (χ3n) is 5.19. The molecule has 0 radical (unpaired) electrons. The molecule has 0 aliphatic rings. The summed E-state index contributed by atoms with van der Waals surface area (Å²) in [7, 11) is 0. The number of carbonyl (C=O) groups is 1. The van der Waals surface area contributed by atoms with E-state index >= 15 is 0 Å². The minimum Gasteiger partial charge on any atom is -0.462 e. The molecule has 1 atom stereocenters. The Morgan fingerprint density at radius 2 is 2.07 bits per heavy atom. The van der Waals surface area contributed by atoms with E-state index in [0.29, 0.717) is 29.9 Å². The summed E-state index contributed by atoms with van der Waals surface area (Å²) in [6.07, 6.45) is 1.94. The topological polar surface area (TPSA) is 102 Å². The SMILES string of the molecule is CCOC(=O)c1cccc2c1ncn2CCC(C)(C)NCC(O)c1cccc(N)c1. The van der Waals surface area contributed by atoms with Gasteiger partial charge in [-0.3, -0.25) is 0 Å². The van der Waals surface area contributed by atoms with Crippen LogP contribution < -0.4 is 11.1 Å². The Morgan fingerprint density at radius 3 is 2.80 bits per heavy atom. The molecule has 160 valence electrons. The van der Waals surface area contributed by atoms with Gasteiger partial charge in [0.15, 0.2) is 0 Å². The summed E-state index contributed by atoms with van der Waals surface area (Å²) in [5.41, 5.74) is 9.06. The van der Waals surface area contributed by atoms with E-state index in [4.69, 9.17) is 10.5 Å². The zero-order valence-electron chi connectivity index (χ0n) is 17.8. The molecule has 3 rings (SSSR count). The number of aliphatic hydroxyl groups is 1. The highest BCUT2D eigenvalue weighted by molar-refractivity contribution is 6.01. The summed E-state index contributed by atoms with van der Waals surface area (Å²) in [5, 5.41) is 13.9. The van der Waals surface area contributed by atoms with Crippen LogP contribution in [0.1, 0.15) is 49.2 Å². The quantitative estimate of drug-likeness (QED) is 0.370. The lowest BCUT2D eigenvalue weighted by atomic mass is 9.99. The van der Waals surface area contributed by atoms with Crippen LogP contribution in [0.25, 0.3) is 11.0 Å². The lowest BCUT2D eigenvalue weighted by Gasteiger charge is -2.28. The van der Waals surface area contributed by atoms with Gasteiger partial charge in [0.1, 0.15) is 5.52 Å². The lowest BCUT2D eigenvalue weighted by Crippen LogP contribution is -2.42. The summed E-state index contributed by atoms with van der Waals surface area (Å²) in [6, 6.07) is 12.8. The van der Waals surface area contributed by atoms with Gasteiger partial charge in [-0.1, -0.05) is 18.2 Å². The summed E-state index contributed by atoms with van der Waals surface area (Å²) in [6.45, 7) is 7.46. The van der Waals surface area contributed by atoms with Crippen molar-refractivity contribution in [1.82, 2.24) is 14.9 Å². The van der Waals surface area contributed by atoms with Gasteiger partial charge in [0.05, 0.1) is 30.1 Å². The molecule has 0 spiro atoms. The lowest BCUT2D eigenvalue weighted by molar-refractivity contribution is 0.0528. The molecule has 2 aromatic carbocycles. The first-order chi connectivity index (χ1) is 14.3. The van der Waals surface area contributed by atoms with Crippen LogP contribution in [0, 0.1) is 0 Å². The molecule has 7 nitrogen and oxygen atoms in total. The third kappa shape index (κ3) is 5.17. The van der Waals surface area contributed by atoms with E-state index in [2.05, 4.69) is 24.1 Å². The fraction of sp³-hybridized carbons (Fsp3) is 0.391. The van der Waals surface area contributed by atoms with Gasteiger partial charge in [0.2, 0.25) is 0 Å². The zero-order valence-corrected chi connectivity index (χ0v) is 17.8. The zero-order chi connectivity index (χ0) is 21.7. The predicted molar refractivity (Wildman–Crippen MR) is 118 cm³/mol. The second-order valence-electron chi connectivity index (χ2n) is 8.03. The molecule has 0 amide bonds. The first-order valence-corrected chi connectivity index (χ1v) is 10.2. The molecular weight excluding hydrogens is 380 g/mol. The molecule has 0 bridgehead atoms. The molecule has 3 aromatic rings. The Kier molecular flexibility index (Phi) is 6.74. The maximum atomic E-state index is 12.2. The van der Waals surface area contributed by atoms with Crippen molar-refractivity contribution in [2.75, 3.05) is 18.9 Å². The number of fused-ring (bicyclic) bond motifs is 1. The molecule has 7 heteroatoms. The highest BCUT2D eigenvalue weighted by Gasteiger charge is 2.20. The van der Waals surface area contributed by atoms with Crippen molar-refractivity contribution in [1.29, 1.82) is 0 Å². The van der Waals surface area contributed by atoms with E-state index < -0.39 is 6.10 Å². The van der Waals surface area contributed by atoms with Crippen LogP contribution in [0.3, 0.4) is 0 Å². The summed E-state index contributed by atoms with van der Waals surface area (Å²) in [5.74, 6) is -0.356. The van der Waals surface area contributed by atoms with Gasteiger partial charge in [0, 0.05) is 24.3 Å². The number of ether oxygens (including phenoxy) is 1. The number of nitrogens with two attached hydrogens (primary N) is 1. The second-order valence-corrected chi connectivity index (χ2v) is 8.03. The van der Waals surface area contributed by atoms with Gasteiger partial charge in [-0.2, -0.15) is 0 Å². The number of benzene rings is 2. The number of nitrogens with one attached hydrogen (secondary N) is 1. The number of para-hydroxylation sites is 1. The van der Waals surface area contributed by atoms with Gasteiger partial charge in [0.25, 0.3) is 0 Å². The average Bonchev–Trinajstić information content (AvgIpc) is 3.14. The fourth-order valence-electron chi connectivity index (χ4n) is 3.39. The number of esters is 1. The van der Waals surface area contributed by atoms with Crippen molar-refractivity contribution in [3.63, 3.8) is 0 Å². The van der Waals surface area contributed by atoms with E-state index in [0.717, 1.165) is 24.0 Å². The number of aromatic nitrogens is 2. The molecule has 0 aliphatic heterocycles. The highest BCUT2D eigenvalue weighted by atomic mass is 16.5. The van der Waals surface area contributed by atoms with Crippen molar-refractivity contribution in [3.05, 3.63) is 59.9 Å². The normalized spacial score (nSPS) is 12.8. The molecule has 0 fully saturated rings. The first kappa shape index (κ1) is 21.8. The van der Waals surface area contributed by atoms with Crippen LogP contribution in [-0.4, -0.2) is 39.3 Å². The molecule has 1 heterocycles. The number of rotatable bonds is 9. The Labute approximate surface area is 176 Å². The largest absolute Gasteiger partial charge is 0.462 e. The molecule has 0 aliphatic carbocycles. The third-order valence-corrected chi connectivity index (χ3v) is 5.19. The summed E-state index contributed by atoms with van der Waals surface area (Å²) in [4.78, 5) is 16.6. The number of aliphatic hydroxyl groups excluding tert-OH is 1. The number of nitrogen functional groups attached to an aromatic ring is 1. The van der Waals surface area contributed by atoms with Crippen molar-refractivity contribution < 1.29 is 14.6 Å². The van der Waals surface area contributed by atoms with Crippen LogP contribution in [0.15, 0.2) is 48.8 Å². The van der Waals surface area contributed by atoms with E-state index in [1.54, 1.807) is 31.5 Å². The van der Waals surface area contributed by atoms with E-state index in [1.165, 1.54) is 0 Å². The van der Waals surface area contributed by atoms with Crippen molar-refractivity contribution in [2.24, 2.45) is 0 Å². The van der Waals surface area contributed by atoms with Gasteiger partial charge in [-0.15, -0.1) is 0 Å². The van der Waals surface area contributed by atoms with Gasteiger partial charge in [-0.25, -0.2) is 9.78 Å². The number of β-amino-alcohol motifs (C(OH)–C–C–N with tert-alkyl or cyclic N) is 1. The average molecular weight is 411 g/mol. The van der Waals surface area contributed by atoms with Crippen LogP contribution in [0.2, 0.25) is 0 Å². The van der Waals surface area contributed by atoms with E-state index in [9.17, 15) is 9.90 Å². The number of carbonyl (C=O) groups excluding carboxylic acids is 1. The molecule has 1 unspecified atom stereocenters. The number of hydrogen-bond donors (Lipinski definition) is 3. The van der Waals surface area contributed by atoms with Gasteiger partial charge < -0.3 is 25.5 Å². The molecule has 4 N–H and O–H groups in total. The Hall–Kier alpha value is -2.90. The molecule has 1 aromatic heterocycles. The Morgan fingerprint density at radius 1 is 1.30 bits per heavy atom. The van der Waals surface area contributed by atoms with Crippen molar-refractivity contribution in [2.45, 2.75) is 45.4 Å². The van der Waals surface area contributed by atoms with Crippen LogP contribution in [0.5, 0.6) is 0 Å². The molecule has 30 heavy (non-hydrogen) atoms. The first-order valence-electron chi connectivity index (χ1n) is 10.2. The Bertz CT molecular complexity index is 1010. The van der Waals surface area contributed by atoms with Gasteiger partial charge in [-0.05, 0) is 57.0 Å². The number of nitrogens with zero attached hydrogens (tertiary/aromatic N) is 2. The highest BCUT2D eigenvalue weighted by Crippen LogP contribution is 2.21. The molecule has 0 saturated carbocycles. The maximum absolute atomic E-state index is 12.2. The van der Waals surface area contributed by atoms with Crippen LogP contribution in [-0.2, 0) is 11.3 Å². The molecule has 0 saturated heterocycles. The van der Waals surface area contributed by atoms with Crippen molar-refractivity contribution in [3.8, 4) is 0 Å². The number of anilines is 1. The fourth-order valence-corrected chi connectivity index (χ4v) is 3.39. The van der Waals surface area contributed by atoms with Crippen LogP contribution in [0.4, 0.5) is 5.69 Å². The monoisotopic (exact) mass is 410 g/mol. The number of aryl methyl sites for hydroxylation is 1. The smallest absolute Gasteiger partial charge is 0.340 e. The Balaban J connectivity index is 1.63. The molecular formula is C23H30N4O3. The number of imidazole rings is 1. The minimum atomic E-state index is -0.631. The van der Waals surface area contributed by atoms with Crippen molar-refractivity contribution >= 4 is 22.7 Å². The minimum absolute atomic E-state index is 0.212. The second kappa shape index (κ2) is 9.28. The number of hydrogen-bond acceptors (Lipinski definition) is 6.